The third-order valence-electron chi connectivity index (χ3n) is 8.99. The van der Waals surface area contributed by atoms with Gasteiger partial charge in [-0.2, -0.15) is 0 Å². The number of aromatic nitrogens is 1. The lowest BCUT2D eigenvalue weighted by atomic mass is 9.54. The molecule has 3 aliphatic rings. The summed E-state index contributed by atoms with van der Waals surface area (Å²) in [5, 5.41) is 58.0. The summed E-state index contributed by atoms with van der Waals surface area (Å²) >= 11 is 1.20. The molecule has 1 amide bonds. The minimum Gasteiger partial charge on any atom is -0.508 e. The van der Waals surface area contributed by atoms with Crippen molar-refractivity contribution in [3.05, 3.63) is 76.4 Å². The smallest absolute Gasteiger partial charge is 0.255 e. The van der Waals surface area contributed by atoms with Crippen LogP contribution < -0.4 is 5.73 Å². The van der Waals surface area contributed by atoms with Gasteiger partial charge in [-0.15, -0.1) is 11.3 Å². The SMILES string of the molecule is C[C@H]1c2ccc(-c3ncc(-c4ccc(F)cc4)s3)c(O)c2C(O)=C2C(=O)[C@]3(O)C(O)=C(C(N)=O)C(=O)[C@@H](N(C)C)[C@@H]3[C@@H](O)[C@@H]21. The Morgan fingerprint density at radius 2 is 1.75 bits per heavy atom. The van der Waals surface area contributed by atoms with E-state index in [1.165, 1.54) is 42.5 Å². The van der Waals surface area contributed by atoms with E-state index in [1.54, 1.807) is 37.4 Å². The van der Waals surface area contributed by atoms with Crippen LogP contribution in [0.5, 0.6) is 5.75 Å². The molecule has 2 aromatic carbocycles. The second kappa shape index (κ2) is 10.1. The number of carbonyl (C=O) groups is 3. The summed E-state index contributed by atoms with van der Waals surface area (Å²) in [4.78, 5) is 46.0. The molecule has 1 saturated carbocycles. The van der Waals surface area contributed by atoms with Crippen molar-refractivity contribution in [3.63, 3.8) is 0 Å². The number of Topliss-reactive ketones (excluding diaryl/α,β-unsaturated/α-hetero) is 2. The number of hydrogen-bond donors (Lipinski definition) is 6. The standard InChI is InChI=1S/C31H28FN3O8S/c1-11-14-8-9-15(30-34-10-16(44-30)12-4-6-13(32)7-5-12)23(36)18(14)24(37)19-17(11)25(38)21-22(35(2)3)26(39)20(29(33)42)28(41)31(21,43)27(19)40/h4-11,17,21-22,25,36-38,41,43H,1-3H3,(H2,33,42)/t11-,17+,21+,22-,25-,31-/m0/s1. The number of hydrogen-bond acceptors (Lipinski definition) is 11. The lowest BCUT2D eigenvalue weighted by Crippen LogP contribution is -2.70. The molecule has 11 nitrogen and oxygen atoms in total. The maximum absolute atomic E-state index is 14.2. The quantitative estimate of drug-likeness (QED) is 0.236. The fraction of sp³-hybridized carbons (Fsp3) is 0.290. The Morgan fingerprint density at radius 3 is 2.36 bits per heavy atom. The highest BCUT2D eigenvalue weighted by atomic mass is 32.1. The van der Waals surface area contributed by atoms with E-state index >= 15 is 0 Å². The van der Waals surface area contributed by atoms with Crippen LogP contribution in [0.15, 0.2) is 59.5 Å². The summed E-state index contributed by atoms with van der Waals surface area (Å²) in [6.07, 6.45) is -0.124. The minimum atomic E-state index is -2.99. The van der Waals surface area contributed by atoms with Gasteiger partial charge in [0.25, 0.3) is 5.91 Å². The highest BCUT2D eigenvalue weighted by Gasteiger charge is 2.68. The molecule has 3 aromatic rings. The van der Waals surface area contributed by atoms with Gasteiger partial charge >= 0.3 is 0 Å². The molecule has 13 heteroatoms. The number of amides is 1. The number of carbonyl (C=O) groups excluding carboxylic acids is 3. The van der Waals surface area contributed by atoms with Crippen LogP contribution in [-0.2, 0) is 14.4 Å². The van der Waals surface area contributed by atoms with E-state index in [0.29, 0.717) is 21.0 Å². The number of benzene rings is 2. The first-order valence-corrected chi connectivity index (χ1v) is 14.4. The van der Waals surface area contributed by atoms with Crippen molar-refractivity contribution >= 4 is 34.6 Å². The van der Waals surface area contributed by atoms with Crippen LogP contribution in [0.1, 0.15) is 24.0 Å². The summed E-state index contributed by atoms with van der Waals surface area (Å²) in [6.45, 7) is 1.66. The number of nitrogens with zero attached hydrogens (tertiary/aromatic N) is 2. The number of aromatic hydroxyl groups is 1. The monoisotopic (exact) mass is 621 g/mol. The first-order chi connectivity index (χ1) is 20.7. The van der Waals surface area contributed by atoms with Crippen LogP contribution in [0, 0.1) is 17.7 Å². The molecule has 44 heavy (non-hydrogen) atoms. The van der Waals surface area contributed by atoms with E-state index in [9.17, 15) is 44.3 Å². The predicted octanol–water partition coefficient (Wildman–Crippen LogP) is 2.43. The molecule has 1 fully saturated rings. The van der Waals surface area contributed by atoms with Gasteiger partial charge in [-0.05, 0) is 49.3 Å². The minimum absolute atomic E-state index is 0.128. The van der Waals surface area contributed by atoms with Crippen LogP contribution in [0.3, 0.4) is 0 Å². The van der Waals surface area contributed by atoms with Crippen molar-refractivity contribution < 1.29 is 44.3 Å². The molecule has 0 aliphatic heterocycles. The number of fused-ring (bicyclic) bond motifs is 3. The third kappa shape index (κ3) is 3.90. The highest BCUT2D eigenvalue weighted by Crippen LogP contribution is 2.57. The van der Waals surface area contributed by atoms with Crippen molar-refractivity contribution in [1.82, 2.24) is 9.88 Å². The molecule has 0 unspecified atom stereocenters. The van der Waals surface area contributed by atoms with E-state index in [4.69, 9.17) is 5.73 Å². The van der Waals surface area contributed by atoms with Gasteiger partial charge in [0.2, 0.25) is 5.78 Å². The summed E-state index contributed by atoms with van der Waals surface area (Å²) < 4.78 is 13.4. The van der Waals surface area contributed by atoms with E-state index in [1.807, 2.05) is 0 Å². The second-order valence-corrected chi connectivity index (χ2v) is 12.5. The molecular weight excluding hydrogens is 593 g/mol. The number of halogens is 1. The van der Waals surface area contributed by atoms with E-state index in [0.717, 1.165) is 0 Å². The van der Waals surface area contributed by atoms with Crippen molar-refractivity contribution in [2.75, 3.05) is 14.1 Å². The maximum Gasteiger partial charge on any atom is 0.255 e. The maximum atomic E-state index is 14.2. The molecule has 0 radical (unpaired) electrons. The molecule has 6 atom stereocenters. The second-order valence-electron chi connectivity index (χ2n) is 11.5. The van der Waals surface area contributed by atoms with Crippen LogP contribution in [0.25, 0.3) is 26.8 Å². The van der Waals surface area contributed by atoms with Gasteiger partial charge < -0.3 is 31.3 Å². The number of rotatable bonds is 4. The Bertz CT molecular complexity index is 1830. The largest absolute Gasteiger partial charge is 0.508 e. The summed E-state index contributed by atoms with van der Waals surface area (Å²) in [6, 6.07) is 7.57. The van der Waals surface area contributed by atoms with Crippen molar-refractivity contribution in [3.8, 4) is 26.8 Å². The number of thiazole rings is 1. The van der Waals surface area contributed by atoms with Crippen LogP contribution >= 0.6 is 11.3 Å². The summed E-state index contributed by atoms with van der Waals surface area (Å²) in [5.74, 6) is -9.94. The molecule has 3 aliphatic carbocycles. The zero-order valence-electron chi connectivity index (χ0n) is 23.6. The number of ketones is 2. The Labute approximate surface area is 254 Å². The summed E-state index contributed by atoms with van der Waals surface area (Å²) in [5.41, 5.74) is 2.08. The molecule has 228 valence electrons. The average molecular weight is 622 g/mol. The van der Waals surface area contributed by atoms with Gasteiger partial charge in [-0.3, -0.25) is 19.3 Å². The van der Waals surface area contributed by atoms with Gasteiger partial charge in [-0.25, -0.2) is 9.37 Å². The lowest BCUT2D eigenvalue weighted by molar-refractivity contribution is -0.169. The molecule has 0 saturated heterocycles. The van der Waals surface area contributed by atoms with Gasteiger partial charge in [0.15, 0.2) is 11.4 Å². The lowest BCUT2D eigenvalue weighted by Gasteiger charge is -2.53. The number of likely N-dealkylation sites (N-methyl/N-ethyl adjacent to an activating group) is 1. The number of phenols is 1. The van der Waals surface area contributed by atoms with Crippen molar-refractivity contribution in [2.45, 2.75) is 30.6 Å². The normalized spacial score (nSPS) is 28.2. The molecule has 0 spiro atoms. The Kier molecular flexibility index (Phi) is 6.77. The average Bonchev–Trinajstić information content (AvgIpc) is 3.45. The third-order valence-corrected chi connectivity index (χ3v) is 10.1. The highest BCUT2D eigenvalue weighted by molar-refractivity contribution is 7.18. The summed E-state index contributed by atoms with van der Waals surface area (Å²) in [7, 11) is 2.90. The number of primary amides is 1. The van der Waals surface area contributed by atoms with E-state index < -0.39 is 87.2 Å². The number of aliphatic hydroxyl groups excluding tert-OH is 3. The van der Waals surface area contributed by atoms with Crippen LogP contribution in [0.4, 0.5) is 4.39 Å². The Hall–Kier alpha value is -4.43. The fourth-order valence-corrected chi connectivity index (χ4v) is 7.88. The van der Waals surface area contributed by atoms with E-state index in [2.05, 4.69) is 4.98 Å². The van der Waals surface area contributed by atoms with Crippen molar-refractivity contribution in [1.29, 1.82) is 0 Å². The van der Waals surface area contributed by atoms with Crippen LogP contribution in [-0.4, -0.2) is 84.7 Å². The zero-order chi connectivity index (χ0) is 32.0. The molecule has 0 bridgehead atoms. The molecule has 1 aromatic heterocycles. The van der Waals surface area contributed by atoms with Crippen LogP contribution in [0.2, 0.25) is 0 Å². The first kappa shape index (κ1) is 29.6. The number of phenolic OH excluding ortho intramolecular Hbond substituents is 1. The Balaban J connectivity index is 1.52. The molecule has 6 rings (SSSR count). The number of aliphatic hydroxyl groups is 4. The predicted molar refractivity (Wildman–Crippen MR) is 157 cm³/mol. The fourth-order valence-electron chi connectivity index (χ4n) is 6.94. The first-order valence-electron chi connectivity index (χ1n) is 13.6. The van der Waals surface area contributed by atoms with Gasteiger partial charge in [0, 0.05) is 17.7 Å². The van der Waals surface area contributed by atoms with Gasteiger partial charge in [0.05, 0.1) is 34.1 Å². The van der Waals surface area contributed by atoms with Gasteiger partial charge in [0.1, 0.15) is 33.7 Å². The zero-order valence-corrected chi connectivity index (χ0v) is 24.5. The number of nitrogens with two attached hydrogens (primary N) is 1. The molecule has 1 heterocycles. The molecular formula is C31H28FN3O8S. The van der Waals surface area contributed by atoms with Crippen molar-refractivity contribution in [2.24, 2.45) is 17.6 Å². The Morgan fingerprint density at radius 1 is 1.09 bits per heavy atom. The topological polar surface area (TPSA) is 195 Å². The van der Waals surface area contributed by atoms with E-state index in [-0.39, 0.29) is 11.1 Å². The molecule has 7 N–H and O–H groups in total. The van der Waals surface area contributed by atoms with Gasteiger partial charge in [-0.1, -0.05) is 25.1 Å².